The minimum Gasteiger partial charge on any atom is -0.343 e. The molecule has 14 heteroatoms. The molecule has 7 fully saturated rings. The minimum absolute atomic E-state index is 0.0243. The van der Waals surface area contributed by atoms with E-state index in [4.69, 9.17) is 0 Å². The number of hydrogen-bond donors (Lipinski definition) is 4. The summed E-state index contributed by atoms with van der Waals surface area (Å²) in [6.45, 7) is 23.1. The lowest BCUT2D eigenvalue weighted by Gasteiger charge is -2.40. The van der Waals surface area contributed by atoms with Crippen LogP contribution in [0.25, 0.3) is 0 Å². The lowest BCUT2D eigenvalue weighted by molar-refractivity contribution is -0.145. The molecule has 2 aliphatic heterocycles. The Labute approximate surface area is 364 Å². The van der Waals surface area contributed by atoms with Gasteiger partial charge in [0.15, 0.2) is 0 Å². The van der Waals surface area contributed by atoms with Crippen molar-refractivity contribution in [1.82, 2.24) is 30.5 Å². The van der Waals surface area contributed by atoms with E-state index in [1.807, 2.05) is 20.8 Å². The summed E-state index contributed by atoms with van der Waals surface area (Å²) < 4.78 is 28.2. The number of piperidine rings is 1. The van der Waals surface area contributed by atoms with Crippen LogP contribution in [0.4, 0.5) is 0 Å². The molecule has 61 heavy (non-hydrogen) atoms. The zero-order valence-electron chi connectivity index (χ0n) is 38.0. The number of nitrogens with one attached hydrogen (secondary N) is 4. The van der Waals surface area contributed by atoms with Crippen molar-refractivity contribution in [2.75, 3.05) is 13.1 Å². The number of rotatable bonds is 15. The molecule has 5 saturated carbocycles. The van der Waals surface area contributed by atoms with E-state index >= 15 is 4.79 Å². The van der Waals surface area contributed by atoms with E-state index in [0.29, 0.717) is 25.8 Å². The number of hydrogen-bond acceptors (Lipinski definition) is 8. The van der Waals surface area contributed by atoms with Gasteiger partial charge in [-0.25, -0.2) is 8.42 Å². The average molecular weight is 867 g/mol. The molecule has 2 heterocycles. The Morgan fingerprint density at radius 3 is 2.00 bits per heavy atom. The number of carbonyl (C=O) groups is 5. The quantitative estimate of drug-likeness (QED) is 0.162. The summed E-state index contributed by atoms with van der Waals surface area (Å²) >= 11 is 0. The molecule has 7 aliphatic rings. The first-order valence-corrected chi connectivity index (χ1v) is 24.9. The lowest BCUT2D eigenvalue weighted by Crippen LogP contribution is -2.63. The molecule has 5 amide bonds. The van der Waals surface area contributed by atoms with Gasteiger partial charge in [0.05, 0.1) is 10.8 Å². The van der Waals surface area contributed by atoms with E-state index in [-0.39, 0.29) is 64.8 Å². The Bertz CT molecular complexity index is 1910. The van der Waals surface area contributed by atoms with Gasteiger partial charge in [0.1, 0.15) is 23.7 Å². The lowest BCUT2D eigenvalue weighted by atomic mass is 9.73. The van der Waals surface area contributed by atoms with Gasteiger partial charge in [-0.1, -0.05) is 78.9 Å². The molecule has 0 aromatic carbocycles. The third kappa shape index (κ3) is 7.58. The molecular weight excluding hydrogens is 793 g/mol. The van der Waals surface area contributed by atoms with Gasteiger partial charge in [-0.2, -0.15) is 0 Å². The molecule has 13 nitrogen and oxygen atoms in total. The van der Waals surface area contributed by atoms with E-state index < -0.39 is 61.6 Å². The third-order valence-corrected chi connectivity index (χ3v) is 19.3. The van der Waals surface area contributed by atoms with Crippen molar-refractivity contribution in [2.45, 2.75) is 192 Å². The Morgan fingerprint density at radius 2 is 1.48 bits per heavy atom. The van der Waals surface area contributed by atoms with Gasteiger partial charge < -0.3 is 20.9 Å². The van der Waals surface area contributed by atoms with Crippen LogP contribution in [0.15, 0.2) is 25.3 Å². The van der Waals surface area contributed by atoms with Gasteiger partial charge >= 0.3 is 0 Å². The highest BCUT2D eigenvalue weighted by atomic mass is 32.2. The first kappa shape index (κ1) is 45.8. The number of likely N-dealkylation sites (tertiary alicyclic amines) is 2. The van der Waals surface area contributed by atoms with Crippen LogP contribution in [-0.4, -0.2) is 101 Å². The highest BCUT2D eigenvalue weighted by Crippen LogP contribution is 2.88. The molecule has 4 N–H and O–H groups in total. The fraction of sp³-hybridized carbons (Fsp3) is 0.809. The summed E-state index contributed by atoms with van der Waals surface area (Å²) in [5.41, 5.74) is -2.82. The SMILES string of the molecule is C=CCC1(S(=O)(=O)NC(=O)[C@@]2(NC(=O)[C@@H]3C[C@@]4(CN3C(=O)[C@@H](NC(=O)[C@@H](NC(=O)[C@@H]3CCCCN3C(C)C)C3CCCCC3)C(C)(C)C)C(C)(C)C43CCC3)C[C@H]2C=C)CC1. The molecule has 0 aromatic heterocycles. The first-order chi connectivity index (χ1) is 28.6. The maximum Gasteiger partial charge on any atom is 0.259 e. The van der Waals surface area contributed by atoms with Crippen molar-refractivity contribution in [3.63, 3.8) is 0 Å². The van der Waals surface area contributed by atoms with Crippen LogP contribution >= 0.6 is 0 Å². The van der Waals surface area contributed by atoms with E-state index in [1.165, 1.54) is 0 Å². The minimum atomic E-state index is -4.06. The van der Waals surface area contributed by atoms with E-state index in [9.17, 15) is 27.6 Å². The molecule has 0 unspecified atom stereocenters. The Balaban J connectivity index is 1.16. The Morgan fingerprint density at radius 1 is 0.820 bits per heavy atom. The van der Waals surface area contributed by atoms with Crippen molar-refractivity contribution in [3.8, 4) is 0 Å². The largest absolute Gasteiger partial charge is 0.343 e. The Kier molecular flexibility index (Phi) is 12.1. The molecule has 7 atom stereocenters. The van der Waals surface area contributed by atoms with Gasteiger partial charge in [0.2, 0.25) is 33.7 Å². The normalized spacial score (nSPS) is 32.3. The first-order valence-electron chi connectivity index (χ1n) is 23.4. The Hall–Kier alpha value is -3.26. The van der Waals surface area contributed by atoms with E-state index in [2.05, 4.69) is 66.4 Å². The average Bonchev–Trinajstić information content (AvgIpc) is 4.13. The fourth-order valence-electron chi connectivity index (χ4n) is 12.7. The fourth-order valence-corrected chi connectivity index (χ4v) is 14.3. The van der Waals surface area contributed by atoms with Crippen molar-refractivity contribution < 1.29 is 32.4 Å². The molecule has 5 aliphatic carbocycles. The van der Waals surface area contributed by atoms with Crippen molar-refractivity contribution in [1.29, 1.82) is 0 Å². The van der Waals surface area contributed by atoms with Gasteiger partial charge in [-0.15, -0.1) is 13.2 Å². The summed E-state index contributed by atoms with van der Waals surface area (Å²) in [4.78, 5) is 76.9. The van der Waals surface area contributed by atoms with Crippen molar-refractivity contribution >= 4 is 39.6 Å². The maximum absolute atomic E-state index is 15.3. The number of fused-ring (bicyclic) bond motifs is 1. The molecule has 340 valence electrons. The highest BCUT2D eigenvalue weighted by molar-refractivity contribution is 7.91. The summed E-state index contributed by atoms with van der Waals surface area (Å²) in [5.74, 6) is -2.78. The van der Waals surface area contributed by atoms with E-state index in [0.717, 1.165) is 77.2 Å². The summed E-state index contributed by atoms with van der Waals surface area (Å²) in [6, 6.07) is -2.94. The number of sulfonamides is 1. The maximum atomic E-state index is 15.3. The predicted octanol–water partition coefficient (Wildman–Crippen LogP) is 5.26. The van der Waals surface area contributed by atoms with Crippen LogP contribution in [0.2, 0.25) is 0 Å². The van der Waals surface area contributed by atoms with Crippen LogP contribution in [-0.2, 0) is 34.0 Å². The van der Waals surface area contributed by atoms with Gasteiger partial charge in [-0.3, -0.25) is 33.6 Å². The predicted molar refractivity (Wildman–Crippen MR) is 235 cm³/mol. The summed E-state index contributed by atoms with van der Waals surface area (Å²) in [7, 11) is -4.06. The van der Waals surface area contributed by atoms with Crippen LogP contribution in [0.5, 0.6) is 0 Å². The monoisotopic (exact) mass is 867 g/mol. The highest BCUT2D eigenvalue weighted by Gasteiger charge is 2.85. The summed E-state index contributed by atoms with van der Waals surface area (Å²) in [6.07, 6.45) is 15.1. The van der Waals surface area contributed by atoms with E-state index in [1.54, 1.807) is 17.1 Å². The van der Waals surface area contributed by atoms with Crippen LogP contribution in [0.1, 0.15) is 151 Å². The number of nitrogens with zero attached hydrogens (tertiary/aromatic N) is 2. The zero-order valence-corrected chi connectivity index (χ0v) is 38.8. The molecule has 0 bridgehead atoms. The number of allylic oxidation sites excluding steroid dienone is 1. The second kappa shape index (κ2) is 16.1. The molecule has 2 saturated heterocycles. The third-order valence-electron chi connectivity index (χ3n) is 17.2. The molecule has 0 radical (unpaired) electrons. The van der Waals surface area contributed by atoms with Crippen LogP contribution in [0.3, 0.4) is 0 Å². The second-order valence-corrected chi connectivity index (χ2v) is 24.1. The van der Waals surface area contributed by atoms with Gasteiger partial charge in [0, 0.05) is 23.9 Å². The topological polar surface area (TPSA) is 174 Å². The molecule has 2 spiro atoms. The van der Waals surface area contributed by atoms with Crippen LogP contribution in [0, 0.1) is 33.5 Å². The van der Waals surface area contributed by atoms with Crippen molar-refractivity contribution in [3.05, 3.63) is 25.3 Å². The number of carbonyl (C=O) groups excluding carboxylic acids is 5. The van der Waals surface area contributed by atoms with Crippen LogP contribution < -0.4 is 20.7 Å². The smallest absolute Gasteiger partial charge is 0.259 e. The molecule has 7 rings (SSSR count). The molecular formula is C47H74N6O7S. The van der Waals surface area contributed by atoms with Crippen molar-refractivity contribution in [2.24, 2.45) is 33.5 Å². The van der Waals surface area contributed by atoms with Gasteiger partial charge in [0.25, 0.3) is 5.91 Å². The van der Waals surface area contributed by atoms with Gasteiger partial charge in [-0.05, 0) is 113 Å². The molecule has 0 aromatic rings. The summed E-state index contributed by atoms with van der Waals surface area (Å²) in [5, 5.41) is 9.35. The number of amides is 5. The second-order valence-electron chi connectivity index (χ2n) is 22.0. The zero-order chi connectivity index (χ0) is 44.6. The standard InChI is InChI=1S/C47H74N6O7S/c1-10-21-44(24-25-44)61(59,60)51-41(58)47(27-32(47)11-2)50-38(55)34-28-46(43(8,9)45(46)22-17-23-45)29-53(34)40(57)36(42(5,6)7)49-39(56)35(31-18-13-12-14-19-31)48-37(54)33-20-15-16-26-52(33)30(3)4/h10-11,30-36H,1-2,12-29H2,3-9H3,(H,48,54)(H,49,56)(H,50,55)(H,51,58)/t32-,33+,34+,35+,36-,46-,47-/m1/s1.